The number of carbonyl (C=O) groups excluding carboxylic acids is 2. The van der Waals surface area contributed by atoms with Gasteiger partial charge in [0.05, 0.1) is 0 Å². The van der Waals surface area contributed by atoms with Gasteiger partial charge in [-0.2, -0.15) is 0 Å². The van der Waals surface area contributed by atoms with E-state index in [-0.39, 0.29) is 45.4 Å². The highest BCUT2D eigenvalue weighted by atomic mass is 16.3. The van der Waals surface area contributed by atoms with Gasteiger partial charge < -0.3 is 20.0 Å². The van der Waals surface area contributed by atoms with Crippen LogP contribution in [0.15, 0.2) is 120 Å². The molecule has 0 radical (unpaired) electrons. The number of carbonyl (C=O) groups is 2. The topological polar surface area (TPSA) is 86.7 Å². The first-order valence-corrected chi connectivity index (χ1v) is 16.0. The van der Waals surface area contributed by atoms with Crippen LogP contribution in [0.2, 0.25) is 0 Å². The molecule has 6 nitrogen and oxygen atoms in total. The summed E-state index contributed by atoms with van der Waals surface area (Å²) in [7, 11) is 0. The molecule has 4 aliphatic rings. The zero-order chi connectivity index (χ0) is 31.9. The predicted octanol–water partition coefficient (Wildman–Crippen LogP) is 6.17. The number of hydrogen-bond acceptors (Lipinski definition) is 6. The van der Waals surface area contributed by atoms with Crippen molar-refractivity contribution in [2.75, 3.05) is 22.9 Å². The Labute approximate surface area is 269 Å². The van der Waals surface area contributed by atoms with E-state index in [1.807, 2.05) is 73.1 Å². The molecule has 0 N–H and O–H groups in total. The summed E-state index contributed by atoms with van der Waals surface area (Å²) in [5, 5.41) is 26.9. The maximum absolute atomic E-state index is 13.4. The number of allylic oxidation sites excluding steroid dienone is 8. The lowest BCUT2D eigenvalue weighted by atomic mass is 9.77. The predicted molar refractivity (Wildman–Crippen MR) is 180 cm³/mol. The number of nitrogens with zero attached hydrogens (tertiary/aromatic N) is 2. The van der Waals surface area contributed by atoms with E-state index >= 15 is 0 Å². The van der Waals surface area contributed by atoms with Crippen molar-refractivity contribution in [1.82, 2.24) is 0 Å². The summed E-state index contributed by atoms with van der Waals surface area (Å²) in [5.41, 5.74) is 6.63. The number of para-hydroxylation sites is 2. The van der Waals surface area contributed by atoms with Gasteiger partial charge in [0.25, 0.3) is 0 Å². The van der Waals surface area contributed by atoms with Crippen LogP contribution in [0.1, 0.15) is 61.8 Å². The van der Waals surface area contributed by atoms with Crippen LogP contribution < -0.4 is 20.0 Å². The first-order chi connectivity index (χ1) is 22.4. The number of anilines is 2. The number of benzene rings is 3. The van der Waals surface area contributed by atoms with E-state index in [9.17, 15) is 19.8 Å². The highest BCUT2D eigenvalue weighted by molar-refractivity contribution is 6.42. The van der Waals surface area contributed by atoms with Crippen molar-refractivity contribution in [2.45, 2.75) is 39.5 Å². The van der Waals surface area contributed by atoms with Gasteiger partial charge in [0.1, 0.15) is 0 Å². The Bertz CT molecular complexity index is 1830. The molecule has 0 saturated heterocycles. The summed E-state index contributed by atoms with van der Waals surface area (Å²) in [5.74, 6) is -1.17. The summed E-state index contributed by atoms with van der Waals surface area (Å²) >= 11 is 0. The maximum atomic E-state index is 13.4. The van der Waals surface area contributed by atoms with Crippen LogP contribution in [0, 0.1) is 0 Å². The number of unbranched alkanes of at least 4 members (excludes halogenated alkanes) is 2. The molecule has 3 aromatic carbocycles. The second kappa shape index (κ2) is 11.9. The molecular formula is C40H34N2O4-2. The molecule has 7 rings (SSSR count). The minimum absolute atomic E-state index is 0.129. The molecule has 0 unspecified atom stereocenters. The van der Waals surface area contributed by atoms with E-state index in [0.717, 1.165) is 61.3 Å². The Balaban J connectivity index is 1.18. The van der Waals surface area contributed by atoms with Gasteiger partial charge in [0.2, 0.25) is 0 Å². The van der Waals surface area contributed by atoms with Crippen LogP contribution in [0.5, 0.6) is 0 Å². The third kappa shape index (κ3) is 4.64. The quantitative estimate of drug-likeness (QED) is 0.285. The molecule has 2 heterocycles. The van der Waals surface area contributed by atoms with Crippen molar-refractivity contribution in [3.05, 3.63) is 142 Å². The van der Waals surface area contributed by atoms with Gasteiger partial charge in [-0.25, -0.2) is 0 Å². The second-order valence-corrected chi connectivity index (χ2v) is 12.0. The van der Waals surface area contributed by atoms with Crippen molar-refractivity contribution < 1.29 is 19.8 Å². The van der Waals surface area contributed by atoms with E-state index in [1.165, 1.54) is 0 Å². The number of hydrogen-bond donors (Lipinski definition) is 0. The Morgan fingerprint density at radius 2 is 0.935 bits per heavy atom. The fourth-order valence-corrected chi connectivity index (χ4v) is 6.66. The zero-order valence-corrected chi connectivity index (χ0v) is 26.0. The van der Waals surface area contributed by atoms with Gasteiger partial charge in [-0.15, -0.1) is 0 Å². The molecule has 0 fully saturated rings. The Kier molecular flexibility index (Phi) is 7.57. The molecule has 46 heavy (non-hydrogen) atoms. The lowest BCUT2D eigenvalue weighted by molar-refractivity contribution is -0.298. The molecular weight excluding hydrogens is 572 g/mol. The second-order valence-electron chi connectivity index (χ2n) is 12.0. The Hall–Kier alpha value is -5.36. The van der Waals surface area contributed by atoms with Crippen LogP contribution >= 0.6 is 0 Å². The van der Waals surface area contributed by atoms with Gasteiger partial charge in [-0.05, 0) is 59.4 Å². The number of ketones is 2. The first-order valence-electron chi connectivity index (χ1n) is 16.0. The maximum Gasteiger partial charge on any atom is 0.193 e. The van der Waals surface area contributed by atoms with E-state index < -0.39 is 0 Å². The minimum atomic E-state index is -0.291. The molecule has 0 spiro atoms. The minimum Gasteiger partial charge on any atom is -0.871 e. The first kappa shape index (κ1) is 29.4. The van der Waals surface area contributed by atoms with Crippen LogP contribution in [-0.4, -0.2) is 24.7 Å². The SMILES string of the molecule is CCCCN1C=CC(=C2C(=O)C(c3ccc(C4=C([O-])C(=C5C=CN(CCCC)c6ccccc65)C4=O)cc3)=C2[O-])c2ccccc21. The van der Waals surface area contributed by atoms with Gasteiger partial charge in [0, 0.05) is 70.3 Å². The Morgan fingerprint density at radius 3 is 1.30 bits per heavy atom. The lowest BCUT2D eigenvalue weighted by Gasteiger charge is -2.36. The number of fused-ring (bicyclic) bond motifs is 2. The molecule has 6 heteroatoms. The zero-order valence-electron chi connectivity index (χ0n) is 26.0. The van der Waals surface area contributed by atoms with Crippen molar-refractivity contribution in [1.29, 1.82) is 0 Å². The molecule has 0 atom stereocenters. The van der Waals surface area contributed by atoms with Crippen LogP contribution in [-0.2, 0) is 9.59 Å². The standard InChI is InChI=1S/C40H36N2O4/c1-3-5-21-41-23-19-29(27-11-7-9-13-31(27)41)35-37(43)33(38(35)44)25-15-17-26(18-16-25)34-39(45)36(40(34)46)30-20-24-42(22-6-4-2)32-14-10-8-12-28(30)32/h7-20,23-24,43,45H,3-6,21-22H2,1-2H3/p-2. The highest BCUT2D eigenvalue weighted by Crippen LogP contribution is 2.45. The van der Waals surface area contributed by atoms with E-state index in [4.69, 9.17) is 0 Å². The number of Topliss-reactive ketones (excluding diaryl/α,β-unsaturated/α-hetero) is 2. The third-order valence-electron chi connectivity index (χ3n) is 9.17. The van der Waals surface area contributed by atoms with Crippen LogP contribution in [0.4, 0.5) is 11.4 Å². The molecule has 0 aromatic heterocycles. The van der Waals surface area contributed by atoms with Crippen molar-refractivity contribution >= 4 is 45.2 Å². The van der Waals surface area contributed by atoms with E-state index in [2.05, 4.69) is 23.6 Å². The molecule has 0 bridgehead atoms. The van der Waals surface area contributed by atoms with E-state index in [0.29, 0.717) is 22.3 Å². The average molecular weight is 607 g/mol. The summed E-state index contributed by atoms with van der Waals surface area (Å²) in [4.78, 5) is 31.2. The van der Waals surface area contributed by atoms with E-state index in [1.54, 1.807) is 24.3 Å². The van der Waals surface area contributed by atoms with Crippen molar-refractivity contribution in [3.63, 3.8) is 0 Å². The van der Waals surface area contributed by atoms with Gasteiger partial charge in [0.15, 0.2) is 11.6 Å². The summed E-state index contributed by atoms with van der Waals surface area (Å²) in [6.45, 7) is 6.02. The smallest absolute Gasteiger partial charge is 0.193 e. The average Bonchev–Trinajstić information content (AvgIpc) is 3.08. The molecule has 2 aliphatic carbocycles. The van der Waals surface area contributed by atoms with Crippen molar-refractivity contribution in [2.24, 2.45) is 0 Å². The third-order valence-corrected chi connectivity index (χ3v) is 9.17. The number of rotatable bonds is 8. The fraction of sp³-hybridized carbons (Fsp3) is 0.200. The molecule has 3 aromatic rings. The normalized spacial score (nSPS) is 20.2. The van der Waals surface area contributed by atoms with Crippen molar-refractivity contribution in [3.8, 4) is 0 Å². The Morgan fingerprint density at radius 1 is 0.543 bits per heavy atom. The highest BCUT2D eigenvalue weighted by Gasteiger charge is 2.35. The molecule has 0 amide bonds. The van der Waals surface area contributed by atoms with Gasteiger partial charge in [-0.3, -0.25) is 9.59 Å². The lowest BCUT2D eigenvalue weighted by Crippen LogP contribution is -2.31. The van der Waals surface area contributed by atoms with Crippen LogP contribution in [0.25, 0.3) is 22.3 Å². The van der Waals surface area contributed by atoms with Gasteiger partial charge >= 0.3 is 0 Å². The van der Waals surface area contributed by atoms with Crippen LogP contribution in [0.3, 0.4) is 0 Å². The molecule has 0 saturated carbocycles. The summed E-state index contributed by atoms with van der Waals surface area (Å²) in [6, 6.07) is 22.3. The summed E-state index contributed by atoms with van der Waals surface area (Å²) in [6.07, 6.45) is 11.8. The fourth-order valence-electron chi connectivity index (χ4n) is 6.66. The monoisotopic (exact) mass is 606 g/mol. The molecule has 230 valence electrons. The summed E-state index contributed by atoms with van der Waals surface area (Å²) < 4.78 is 0. The molecule has 2 aliphatic heterocycles. The largest absolute Gasteiger partial charge is 0.871 e. The van der Waals surface area contributed by atoms with Gasteiger partial charge in [-0.1, -0.05) is 98.9 Å².